The van der Waals surface area contributed by atoms with Crippen LogP contribution < -0.4 is 5.32 Å². The van der Waals surface area contributed by atoms with E-state index in [-0.39, 0.29) is 30.1 Å². The van der Waals surface area contributed by atoms with Crippen LogP contribution in [0.1, 0.15) is 28.3 Å². The van der Waals surface area contributed by atoms with Gasteiger partial charge in [-0.15, -0.1) is 0 Å². The first-order valence-electron chi connectivity index (χ1n) is 8.75. The molecule has 10 heteroatoms. The SMILES string of the molecule is Cc1cc(C(F)F)nn1CC(=O)N1CC(NC(=O)c2cccc3nccn23)C1. The summed E-state index contributed by atoms with van der Waals surface area (Å²) in [6.45, 7) is 2.26. The summed E-state index contributed by atoms with van der Waals surface area (Å²) < 4.78 is 28.4. The van der Waals surface area contributed by atoms with Crippen molar-refractivity contribution in [1.29, 1.82) is 0 Å². The maximum Gasteiger partial charge on any atom is 0.282 e. The third-order valence-corrected chi connectivity index (χ3v) is 4.74. The highest BCUT2D eigenvalue weighted by molar-refractivity contribution is 5.93. The molecular formula is C18H18F2N6O2. The first-order chi connectivity index (χ1) is 13.4. The van der Waals surface area contributed by atoms with E-state index in [1.54, 1.807) is 46.8 Å². The van der Waals surface area contributed by atoms with E-state index in [4.69, 9.17) is 0 Å². The number of hydrogen-bond donors (Lipinski definition) is 1. The van der Waals surface area contributed by atoms with Crippen molar-refractivity contribution in [2.75, 3.05) is 13.1 Å². The van der Waals surface area contributed by atoms with E-state index in [1.807, 2.05) is 0 Å². The first-order valence-corrected chi connectivity index (χ1v) is 8.75. The van der Waals surface area contributed by atoms with Crippen molar-refractivity contribution in [2.24, 2.45) is 0 Å². The number of hydrogen-bond acceptors (Lipinski definition) is 4. The number of halogens is 2. The fourth-order valence-electron chi connectivity index (χ4n) is 3.20. The molecule has 3 aromatic rings. The Hall–Kier alpha value is -3.30. The monoisotopic (exact) mass is 388 g/mol. The third kappa shape index (κ3) is 3.32. The van der Waals surface area contributed by atoms with Gasteiger partial charge < -0.3 is 10.2 Å². The molecule has 0 bridgehead atoms. The molecule has 0 atom stereocenters. The molecule has 0 spiro atoms. The van der Waals surface area contributed by atoms with Gasteiger partial charge in [0.2, 0.25) is 5.91 Å². The summed E-state index contributed by atoms with van der Waals surface area (Å²) in [5.74, 6) is -0.473. The van der Waals surface area contributed by atoms with Gasteiger partial charge in [0, 0.05) is 31.2 Å². The molecule has 4 heterocycles. The molecule has 3 aromatic heterocycles. The van der Waals surface area contributed by atoms with Crippen LogP contribution in [-0.4, -0.2) is 55.0 Å². The summed E-state index contributed by atoms with van der Waals surface area (Å²) in [5, 5.41) is 6.65. The van der Waals surface area contributed by atoms with Crippen LogP contribution >= 0.6 is 0 Å². The van der Waals surface area contributed by atoms with E-state index in [0.717, 1.165) is 0 Å². The van der Waals surface area contributed by atoms with Gasteiger partial charge in [0.1, 0.15) is 23.6 Å². The second kappa shape index (κ2) is 7.02. The van der Waals surface area contributed by atoms with Gasteiger partial charge in [-0.2, -0.15) is 5.10 Å². The topological polar surface area (TPSA) is 84.5 Å². The Kier molecular flexibility index (Phi) is 4.54. The predicted octanol–water partition coefficient (Wildman–Crippen LogP) is 1.42. The number of rotatable bonds is 5. The van der Waals surface area contributed by atoms with Crippen LogP contribution in [0.5, 0.6) is 0 Å². The highest BCUT2D eigenvalue weighted by Gasteiger charge is 2.32. The summed E-state index contributed by atoms with van der Waals surface area (Å²) in [5.41, 5.74) is 1.30. The Morgan fingerprint density at radius 3 is 2.82 bits per heavy atom. The second-order valence-corrected chi connectivity index (χ2v) is 6.70. The van der Waals surface area contributed by atoms with Gasteiger partial charge in [0.05, 0.1) is 6.04 Å². The molecular weight excluding hydrogens is 370 g/mol. The number of aryl methyl sites for hydroxylation is 1. The van der Waals surface area contributed by atoms with Gasteiger partial charge in [-0.05, 0) is 25.1 Å². The number of carbonyl (C=O) groups excluding carboxylic acids is 2. The summed E-state index contributed by atoms with van der Waals surface area (Å²) in [4.78, 5) is 30.5. The number of alkyl halides is 2. The van der Waals surface area contributed by atoms with Crippen molar-refractivity contribution in [3.05, 3.63) is 53.7 Å². The van der Waals surface area contributed by atoms with Crippen LogP contribution in [0.3, 0.4) is 0 Å². The number of aromatic nitrogens is 4. The van der Waals surface area contributed by atoms with Gasteiger partial charge in [0.15, 0.2) is 0 Å². The quantitative estimate of drug-likeness (QED) is 0.717. The number of likely N-dealkylation sites (tertiary alicyclic amines) is 1. The molecule has 2 amide bonds. The number of carbonyl (C=O) groups is 2. The summed E-state index contributed by atoms with van der Waals surface area (Å²) >= 11 is 0. The maximum atomic E-state index is 12.7. The Morgan fingerprint density at radius 2 is 2.11 bits per heavy atom. The van der Waals surface area contributed by atoms with E-state index >= 15 is 0 Å². The van der Waals surface area contributed by atoms with Crippen LogP contribution in [-0.2, 0) is 11.3 Å². The zero-order valence-corrected chi connectivity index (χ0v) is 15.0. The lowest BCUT2D eigenvalue weighted by atomic mass is 10.1. The van der Waals surface area contributed by atoms with E-state index < -0.39 is 6.43 Å². The minimum Gasteiger partial charge on any atom is -0.344 e. The van der Waals surface area contributed by atoms with E-state index in [9.17, 15) is 18.4 Å². The normalized spacial score (nSPS) is 14.5. The molecule has 1 fully saturated rings. The zero-order valence-electron chi connectivity index (χ0n) is 15.0. The van der Waals surface area contributed by atoms with Crippen LogP contribution in [0, 0.1) is 6.92 Å². The van der Waals surface area contributed by atoms with Crippen LogP contribution in [0.15, 0.2) is 36.7 Å². The average Bonchev–Trinajstić information content (AvgIpc) is 3.24. The molecule has 0 saturated carbocycles. The minimum atomic E-state index is -2.67. The molecule has 0 radical (unpaired) electrons. The molecule has 146 valence electrons. The van der Waals surface area contributed by atoms with E-state index in [0.29, 0.717) is 30.1 Å². The van der Waals surface area contributed by atoms with Gasteiger partial charge in [-0.25, -0.2) is 13.8 Å². The lowest BCUT2D eigenvalue weighted by Crippen LogP contribution is -2.61. The fraction of sp³-hybridized carbons (Fsp3) is 0.333. The fourth-order valence-corrected chi connectivity index (χ4v) is 3.20. The van der Waals surface area contributed by atoms with Gasteiger partial charge in [0.25, 0.3) is 12.3 Å². The average molecular weight is 388 g/mol. The van der Waals surface area contributed by atoms with Crippen molar-refractivity contribution in [3.8, 4) is 0 Å². The molecule has 1 aliphatic heterocycles. The van der Waals surface area contributed by atoms with Crippen molar-refractivity contribution in [2.45, 2.75) is 25.9 Å². The predicted molar refractivity (Wildman–Crippen MR) is 94.9 cm³/mol. The Morgan fingerprint density at radius 1 is 1.32 bits per heavy atom. The number of fused-ring (bicyclic) bond motifs is 1. The molecule has 8 nitrogen and oxygen atoms in total. The van der Waals surface area contributed by atoms with Crippen molar-refractivity contribution in [1.82, 2.24) is 29.4 Å². The maximum absolute atomic E-state index is 12.7. The molecule has 0 aliphatic carbocycles. The van der Waals surface area contributed by atoms with E-state index in [2.05, 4.69) is 15.4 Å². The summed E-state index contributed by atoms with van der Waals surface area (Å²) in [6.07, 6.45) is 0.659. The molecule has 1 saturated heterocycles. The molecule has 28 heavy (non-hydrogen) atoms. The van der Waals surface area contributed by atoms with Crippen molar-refractivity contribution < 1.29 is 18.4 Å². The number of amides is 2. The highest BCUT2D eigenvalue weighted by Crippen LogP contribution is 2.18. The van der Waals surface area contributed by atoms with Gasteiger partial charge in [-0.1, -0.05) is 6.07 Å². The van der Waals surface area contributed by atoms with Gasteiger partial charge >= 0.3 is 0 Å². The van der Waals surface area contributed by atoms with Crippen molar-refractivity contribution in [3.63, 3.8) is 0 Å². The second-order valence-electron chi connectivity index (χ2n) is 6.70. The molecule has 0 unspecified atom stereocenters. The Bertz CT molecular complexity index is 1040. The molecule has 1 N–H and O–H groups in total. The number of pyridine rings is 1. The molecule has 4 rings (SSSR count). The van der Waals surface area contributed by atoms with Crippen LogP contribution in [0.2, 0.25) is 0 Å². The number of nitrogens with zero attached hydrogens (tertiary/aromatic N) is 5. The molecule has 1 aliphatic rings. The summed E-state index contributed by atoms with van der Waals surface area (Å²) in [6, 6.07) is 6.37. The largest absolute Gasteiger partial charge is 0.344 e. The third-order valence-electron chi connectivity index (χ3n) is 4.74. The lowest BCUT2D eigenvalue weighted by molar-refractivity contribution is -0.136. The van der Waals surface area contributed by atoms with Crippen molar-refractivity contribution >= 4 is 17.5 Å². The van der Waals surface area contributed by atoms with Crippen LogP contribution in [0.4, 0.5) is 8.78 Å². The van der Waals surface area contributed by atoms with Crippen LogP contribution in [0.25, 0.3) is 5.65 Å². The number of imidazole rings is 1. The first kappa shape index (κ1) is 18.1. The Balaban J connectivity index is 1.32. The van der Waals surface area contributed by atoms with E-state index in [1.165, 1.54) is 10.7 Å². The summed E-state index contributed by atoms with van der Waals surface area (Å²) in [7, 11) is 0. The van der Waals surface area contributed by atoms with Gasteiger partial charge in [-0.3, -0.25) is 18.7 Å². The Labute approximate surface area is 158 Å². The molecule has 0 aromatic carbocycles. The highest BCUT2D eigenvalue weighted by atomic mass is 19.3. The standard InChI is InChI=1S/C18H18F2N6O2/c1-11-7-13(17(19)20)23-26(11)10-16(27)24-8-12(9-24)22-18(28)14-3-2-4-15-21-5-6-25(14)15/h2-7,12,17H,8-10H2,1H3,(H,22,28). The lowest BCUT2D eigenvalue weighted by Gasteiger charge is -2.39. The minimum absolute atomic E-state index is 0.104. The zero-order chi connectivity index (χ0) is 19.8. The smallest absolute Gasteiger partial charge is 0.282 e. The number of nitrogens with one attached hydrogen (secondary N) is 1.